The fourth-order valence-electron chi connectivity index (χ4n) is 2.18. The lowest BCUT2D eigenvalue weighted by molar-refractivity contribution is -0.117. The van der Waals surface area contributed by atoms with E-state index < -0.39 is 21.9 Å². The molecule has 1 aromatic rings. The third-order valence-electron chi connectivity index (χ3n) is 2.93. The average Bonchev–Trinajstić information content (AvgIpc) is 2.67. The molecule has 0 spiro atoms. The van der Waals surface area contributed by atoms with Crippen LogP contribution in [0.25, 0.3) is 0 Å². The fourth-order valence-corrected chi connectivity index (χ4v) is 2.96. The SMILES string of the molecule is O=C1CC(CS(=O)(=O)F)CN1c1ncccc1CO. The van der Waals surface area contributed by atoms with E-state index in [-0.39, 0.29) is 25.5 Å². The first-order valence-corrected chi connectivity index (χ1v) is 7.23. The first-order valence-electron chi connectivity index (χ1n) is 5.68. The highest BCUT2D eigenvalue weighted by atomic mass is 32.3. The van der Waals surface area contributed by atoms with Gasteiger partial charge in [-0.3, -0.25) is 9.69 Å². The van der Waals surface area contributed by atoms with Gasteiger partial charge in [-0.25, -0.2) is 4.98 Å². The molecule has 0 bridgehead atoms. The van der Waals surface area contributed by atoms with Crippen molar-refractivity contribution in [3.05, 3.63) is 23.9 Å². The van der Waals surface area contributed by atoms with Gasteiger partial charge in [0, 0.05) is 30.6 Å². The number of hydrogen-bond acceptors (Lipinski definition) is 5. The van der Waals surface area contributed by atoms with Gasteiger partial charge in [-0.1, -0.05) is 6.07 Å². The van der Waals surface area contributed by atoms with E-state index in [4.69, 9.17) is 0 Å². The van der Waals surface area contributed by atoms with Crippen LogP contribution in [0.1, 0.15) is 12.0 Å². The topological polar surface area (TPSA) is 87.6 Å². The summed E-state index contributed by atoms with van der Waals surface area (Å²) < 4.78 is 33.8. The highest BCUT2D eigenvalue weighted by molar-refractivity contribution is 7.86. The van der Waals surface area contributed by atoms with Crippen molar-refractivity contribution in [2.45, 2.75) is 13.0 Å². The normalized spacial score (nSPS) is 20.0. The standard InChI is InChI=1S/C11H13FN2O4S/c12-19(17,18)7-8-4-10(16)14(5-8)11-9(6-15)2-1-3-13-11/h1-3,8,15H,4-7H2. The van der Waals surface area contributed by atoms with Gasteiger partial charge in [0.1, 0.15) is 5.82 Å². The molecule has 1 aromatic heterocycles. The van der Waals surface area contributed by atoms with Gasteiger partial charge in [-0.15, -0.1) is 3.89 Å². The molecule has 0 aliphatic carbocycles. The summed E-state index contributed by atoms with van der Waals surface area (Å²) >= 11 is 0. The van der Waals surface area contributed by atoms with Crippen molar-refractivity contribution in [3.8, 4) is 0 Å². The molecular formula is C11H13FN2O4S. The van der Waals surface area contributed by atoms with Crippen molar-refractivity contribution in [3.63, 3.8) is 0 Å². The van der Waals surface area contributed by atoms with E-state index in [1.807, 2.05) is 0 Å². The lowest BCUT2D eigenvalue weighted by Crippen LogP contribution is -2.27. The number of hydrogen-bond donors (Lipinski definition) is 1. The zero-order chi connectivity index (χ0) is 14.0. The smallest absolute Gasteiger partial charge is 0.302 e. The molecule has 1 aliphatic rings. The Morgan fingerprint density at radius 2 is 2.26 bits per heavy atom. The van der Waals surface area contributed by atoms with Gasteiger partial charge >= 0.3 is 10.2 Å². The van der Waals surface area contributed by atoms with Gasteiger partial charge in [0.25, 0.3) is 0 Å². The molecule has 1 saturated heterocycles. The molecule has 1 unspecified atom stereocenters. The molecule has 1 amide bonds. The number of nitrogens with zero attached hydrogens (tertiary/aromatic N) is 2. The molecular weight excluding hydrogens is 275 g/mol. The molecule has 0 aromatic carbocycles. The number of anilines is 1. The monoisotopic (exact) mass is 288 g/mol. The maximum atomic E-state index is 12.6. The second-order valence-electron chi connectivity index (χ2n) is 4.42. The Labute approximate surface area is 110 Å². The Hall–Kier alpha value is -1.54. The molecule has 2 heterocycles. The third-order valence-corrected chi connectivity index (χ3v) is 3.80. The van der Waals surface area contributed by atoms with Crippen LogP contribution in [-0.2, 0) is 21.6 Å². The minimum Gasteiger partial charge on any atom is -0.392 e. The predicted octanol–water partition coefficient (Wildman–Crippen LogP) is 0.226. The van der Waals surface area contributed by atoms with Crippen molar-refractivity contribution in [1.82, 2.24) is 4.98 Å². The van der Waals surface area contributed by atoms with E-state index >= 15 is 0 Å². The van der Waals surface area contributed by atoms with Crippen LogP contribution in [0.2, 0.25) is 0 Å². The minimum absolute atomic E-state index is 0.0371. The van der Waals surface area contributed by atoms with Gasteiger partial charge in [0.05, 0.1) is 12.4 Å². The molecule has 1 N–H and O–H groups in total. The van der Waals surface area contributed by atoms with Crippen molar-refractivity contribution >= 4 is 21.9 Å². The molecule has 19 heavy (non-hydrogen) atoms. The quantitative estimate of drug-likeness (QED) is 0.801. The maximum Gasteiger partial charge on any atom is 0.302 e. The molecule has 1 atom stereocenters. The summed E-state index contributed by atoms with van der Waals surface area (Å²) in [5.41, 5.74) is 0.472. The molecule has 6 nitrogen and oxygen atoms in total. The van der Waals surface area contributed by atoms with Crippen LogP contribution in [0.5, 0.6) is 0 Å². The van der Waals surface area contributed by atoms with Gasteiger partial charge in [0.15, 0.2) is 0 Å². The number of aliphatic hydroxyl groups excluding tert-OH is 1. The second-order valence-corrected chi connectivity index (χ2v) is 5.84. The van der Waals surface area contributed by atoms with E-state index in [9.17, 15) is 22.2 Å². The highest BCUT2D eigenvalue weighted by Gasteiger charge is 2.35. The molecule has 1 aliphatic heterocycles. The Morgan fingerprint density at radius 1 is 1.53 bits per heavy atom. The molecule has 104 valence electrons. The summed E-state index contributed by atoms with van der Waals surface area (Å²) in [6, 6.07) is 3.24. The van der Waals surface area contributed by atoms with Crippen LogP contribution in [0.3, 0.4) is 0 Å². The summed E-state index contributed by atoms with van der Waals surface area (Å²) in [6.45, 7) is -0.189. The number of carbonyl (C=O) groups excluding carboxylic acids is 1. The van der Waals surface area contributed by atoms with E-state index in [0.29, 0.717) is 11.4 Å². The summed E-state index contributed by atoms with van der Waals surface area (Å²) in [5.74, 6) is -1.27. The number of aromatic nitrogens is 1. The van der Waals surface area contributed by atoms with Crippen molar-refractivity contribution in [1.29, 1.82) is 0 Å². The van der Waals surface area contributed by atoms with E-state index in [1.165, 1.54) is 11.1 Å². The van der Waals surface area contributed by atoms with Gasteiger partial charge in [-0.2, -0.15) is 8.42 Å². The molecule has 1 fully saturated rings. The predicted molar refractivity (Wildman–Crippen MR) is 65.5 cm³/mol. The van der Waals surface area contributed by atoms with Crippen LogP contribution in [0, 0.1) is 5.92 Å². The van der Waals surface area contributed by atoms with Crippen LogP contribution in [0.15, 0.2) is 18.3 Å². The lowest BCUT2D eigenvalue weighted by atomic mass is 10.1. The van der Waals surface area contributed by atoms with Crippen LogP contribution >= 0.6 is 0 Å². The largest absolute Gasteiger partial charge is 0.392 e. The second kappa shape index (κ2) is 5.22. The summed E-state index contributed by atoms with van der Waals surface area (Å²) in [4.78, 5) is 17.1. The number of pyridine rings is 1. The van der Waals surface area contributed by atoms with Gasteiger partial charge < -0.3 is 5.11 Å². The first kappa shape index (κ1) is 13.9. The Morgan fingerprint density at radius 3 is 2.89 bits per heavy atom. The number of carbonyl (C=O) groups is 1. The zero-order valence-corrected chi connectivity index (χ0v) is 10.8. The first-order chi connectivity index (χ1) is 8.90. The number of amides is 1. The molecule has 8 heteroatoms. The lowest BCUT2D eigenvalue weighted by Gasteiger charge is -2.17. The number of halogens is 1. The molecule has 0 saturated carbocycles. The zero-order valence-electron chi connectivity index (χ0n) is 9.99. The summed E-state index contributed by atoms with van der Waals surface area (Å²) in [5, 5.41) is 9.18. The third kappa shape index (κ3) is 3.27. The van der Waals surface area contributed by atoms with Crippen molar-refractivity contribution < 1.29 is 22.2 Å². The maximum absolute atomic E-state index is 12.6. The van der Waals surface area contributed by atoms with Gasteiger partial charge in [0.2, 0.25) is 5.91 Å². The highest BCUT2D eigenvalue weighted by Crippen LogP contribution is 2.27. The Bertz CT molecular complexity index is 590. The van der Waals surface area contributed by atoms with E-state index in [1.54, 1.807) is 12.1 Å². The van der Waals surface area contributed by atoms with Crippen LogP contribution in [-0.4, -0.2) is 36.7 Å². The Balaban J connectivity index is 2.20. The van der Waals surface area contributed by atoms with Crippen molar-refractivity contribution in [2.75, 3.05) is 17.2 Å². The number of aliphatic hydroxyl groups is 1. The minimum atomic E-state index is -4.60. The Kier molecular flexibility index (Phi) is 3.81. The van der Waals surface area contributed by atoms with E-state index in [2.05, 4.69) is 4.98 Å². The van der Waals surface area contributed by atoms with Crippen LogP contribution < -0.4 is 4.90 Å². The van der Waals surface area contributed by atoms with Crippen molar-refractivity contribution in [2.24, 2.45) is 5.92 Å². The average molecular weight is 288 g/mol. The van der Waals surface area contributed by atoms with Gasteiger partial charge in [-0.05, 0) is 6.07 Å². The van der Waals surface area contributed by atoms with Crippen LogP contribution in [0.4, 0.5) is 9.70 Å². The molecule has 0 radical (unpaired) electrons. The van der Waals surface area contributed by atoms with E-state index in [0.717, 1.165) is 0 Å². The summed E-state index contributed by atoms with van der Waals surface area (Å²) in [7, 11) is -4.60. The molecule has 2 rings (SSSR count). The summed E-state index contributed by atoms with van der Waals surface area (Å²) in [6.07, 6.45) is 1.44. The fraction of sp³-hybridized carbons (Fsp3) is 0.455. The number of rotatable bonds is 4.